The summed E-state index contributed by atoms with van der Waals surface area (Å²) >= 11 is 0. The molecule has 0 fully saturated rings. The molecule has 0 saturated carbocycles. The lowest BCUT2D eigenvalue weighted by atomic mass is 10.9. The fourth-order valence-electron chi connectivity index (χ4n) is 0.641. The lowest BCUT2D eigenvalue weighted by Gasteiger charge is -2.09. The van der Waals surface area contributed by atoms with E-state index >= 15 is 0 Å². The first-order valence-electron chi connectivity index (χ1n) is 2.99. The van der Waals surface area contributed by atoms with Crippen LogP contribution in [-0.2, 0) is 19.9 Å². The quantitative estimate of drug-likeness (QED) is 0.618. The molecular formula is C5H13O3PS. The van der Waals surface area contributed by atoms with Gasteiger partial charge in [0.25, 0.3) is 0 Å². The SMILES string of the molecule is CCOP(C)(=O)CS(C)=O. The second-order valence-corrected chi connectivity index (χ2v) is 6.60. The highest BCUT2D eigenvalue weighted by atomic mass is 32.2. The summed E-state index contributed by atoms with van der Waals surface area (Å²) in [5.74, 6) is 0. The Morgan fingerprint density at radius 1 is 1.60 bits per heavy atom. The molecule has 0 radical (unpaired) electrons. The van der Waals surface area contributed by atoms with E-state index in [1.54, 1.807) is 6.92 Å². The van der Waals surface area contributed by atoms with Crippen LogP contribution in [0, 0.1) is 0 Å². The molecule has 0 bridgehead atoms. The molecule has 62 valence electrons. The van der Waals surface area contributed by atoms with E-state index in [-0.39, 0.29) is 5.49 Å². The second kappa shape index (κ2) is 4.27. The Hall–Kier alpha value is 0.340. The second-order valence-electron chi connectivity index (χ2n) is 2.13. The number of hydrogen-bond donors (Lipinski definition) is 0. The zero-order chi connectivity index (χ0) is 8.20. The summed E-state index contributed by atoms with van der Waals surface area (Å²) in [6.07, 6.45) is 1.52. The van der Waals surface area contributed by atoms with Gasteiger partial charge in [-0.25, -0.2) is 0 Å². The minimum absolute atomic E-state index is 0.167. The van der Waals surface area contributed by atoms with Crippen molar-refractivity contribution in [2.45, 2.75) is 6.92 Å². The molecule has 0 aromatic heterocycles. The summed E-state index contributed by atoms with van der Waals surface area (Å²) < 4.78 is 26.7. The van der Waals surface area contributed by atoms with E-state index in [0.717, 1.165) is 0 Å². The monoisotopic (exact) mass is 184 g/mol. The van der Waals surface area contributed by atoms with Gasteiger partial charge in [-0.2, -0.15) is 0 Å². The van der Waals surface area contributed by atoms with Gasteiger partial charge in [0.2, 0.25) is 7.37 Å². The van der Waals surface area contributed by atoms with Crippen molar-refractivity contribution in [1.82, 2.24) is 0 Å². The maximum atomic E-state index is 11.2. The van der Waals surface area contributed by atoms with Crippen molar-refractivity contribution in [2.24, 2.45) is 0 Å². The van der Waals surface area contributed by atoms with Crippen molar-refractivity contribution in [3.05, 3.63) is 0 Å². The molecule has 0 heterocycles. The van der Waals surface area contributed by atoms with Gasteiger partial charge >= 0.3 is 0 Å². The smallest absolute Gasteiger partial charge is 0.212 e. The van der Waals surface area contributed by atoms with Gasteiger partial charge < -0.3 is 4.52 Å². The van der Waals surface area contributed by atoms with Gasteiger partial charge in [0.15, 0.2) is 0 Å². The number of rotatable bonds is 4. The van der Waals surface area contributed by atoms with Gasteiger partial charge in [0.05, 0.1) is 12.1 Å². The van der Waals surface area contributed by atoms with Crippen molar-refractivity contribution in [3.63, 3.8) is 0 Å². The van der Waals surface area contributed by atoms with Crippen LogP contribution in [0.4, 0.5) is 0 Å². The summed E-state index contributed by atoms with van der Waals surface area (Å²) in [7, 11) is -3.57. The fourth-order valence-corrected chi connectivity index (χ4v) is 4.13. The molecule has 0 saturated heterocycles. The van der Waals surface area contributed by atoms with Crippen molar-refractivity contribution in [1.29, 1.82) is 0 Å². The van der Waals surface area contributed by atoms with Crippen LogP contribution in [0.2, 0.25) is 0 Å². The summed E-state index contributed by atoms with van der Waals surface area (Å²) in [4.78, 5) is 0. The molecule has 0 rings (SSSR count). The Morgan fingerprint density at radius 2 is 2.10 bits per heavy atom. The highest BCUT2D eigenvalue weighted by Gasteiger charge is 2.16. The highest BCUT2D eigenvalue weighted by molar-refractivity contribution is 7.92. The first kappa shape index (κ1) is 10.3. The molecule has 3 nitrogen and oxygen atoms in total. The van der Waals surface area contributed by atoms with Gasteiger partial charge in [-0.15, -0.1) is 0 Å². The molecule has 10 heavy (non-hydrogen) atoms. The van der Waals surface area contributed by atoms with Gasteiger partial charge in [0.1, 0.15) is 0 Å². The van der Waals surface area contributed by atoms with Crippen LogP contribution in [0.25, 0.3) is 0 Å². The predicted octanol–water partition coefficient (Wildman–Crippen LogP) is 1.27. The zero-order valence-electron chi connectivity index (χ0n) is 6.49. The van der Waals surface area contributed by atoms with Crippen molar-refractivity contribution in [3.8, 4) is 0 Å². The number of hydrogen-bond acceptors (Lipinski definition) is 3. The topological polar surface area (TPSA) is 43.4 Å². The normalized spacial score (nSPS) is 19.9. The lowest BCUT2D eigenvalue weighted by Crippen LogP contribution is -1.98. The van der Waals surface area contributed by atoms with Gasteiger partial charge in [-0.1, -0.05) is 0 Å². The minimum Gasteiger partial charge on any atom is -0.328 e. The van der Waals surface area contributed by atoms with Crippen molar-refractivity contribution < 1.29 is 13.3 Å². The predicted molar refractivity (Wildman–Crippen MR) is 44.1 cm³/mol. The van der Waals surface area contributed by atoms with Crippen LogP contribution in [0.5, 0.6) is 0 Å². The highest BCUT2D eigenvalue weighted by Crippen LogP contribution is 2.42. The van der Waals surface area contributed by atoms with Crippen LogP contribution in [0.1, 0.15) is 6.92 Å². The van der Waals surface area contributed by atoms with Gasteiger partial charge in [0, 0.05) is 23.7 Å². The molecule has 0 aromatic carbocycles. The van der Waals surface area contributed by atoms with Crippen LogP contribution in [0.15, 0.2) is 0 Å². The fraction of sp³-hybridized carbons (Fsp3) is 1.00. The molecule has 0 N–H and O–H groups in total. The molecule has 0 amide bonds. The molecule has 2 atom stereocenters. The lowest BCUT2D eigenvalue weighted by molar-refractivity contribution is 0.340. The van der Waals surface area contributed by atoms with Gasteiger partial charge in [-0.05, 0) is 6.92 Å². The van der Waals surface area contributed by atoms with Crippen molar-refractivity contribution >= 4 is 18.2 Å². The summed E-state index contributed by atoms with van der Waals surface area (Å²) in [6.45, 7) is 3.71. The summed E-state index contributed by atoms with van der Waals surface area (Å²) in [5.41, 5.74) is 0.167. The standard InChI is InChI=1S/C5H13O3PS/c1-4-8-9(2,6)5-10(3)7/h4-5H2,1-3H3. The third-order valence-corrected chi connectivity index (χ3v) is 4.95. The maximum Gasteiger partial charge on any atom is 0.212 e. The van der Waals surface area contributed by atoms with Crippen LogP contribution < -0.4 is 0 Å². The summed E-state index contributed by atoms with van der Waals surface area (Å²) in [5, 5.41) is 0. The average Bonchev–Trinajstić information content (AvgIpc) is 1.59. The maximum absolute atomic E-state index is 11.2. The molecule has 0 aliphatic heterocycles. The Morgan fingerprint density at radius 3 is 2.40 bits per heavy atom. The third kappa shape index (κ3) is 5.15. The van der Waals surface area contributed by atoms with E-state index in [4.69, 9.17) is 4.52 Å². The van der Waals surface area contributed by atoms with E-state index in [2.05, 4.69) is 0 Å². The Bertz CT molecular complexity index is 168. The Kier molecular flexibility index (Phi) is 4.41. The third-order valence-electron chi connectivity index (χ3n) is 0.819. The molecule has 0 spiro atoms. The van der Waals surface area contributed by atoms with Crippen LogP contribution in [0.3, 0.4) is 0 Å². The van der Waals surface area contributed by atoms with E-state index in [9.17, 15) is 8.77 Å². The zero-order valence-corrected chi connectivity index (χ0v) is 8.21. The van der Waals surface area contributed by atoms with Crippen molar-refractivity contribution in [2.75, 3.05) is 25.0 Å². The molecule has 0 aliphatic rings. The van der Waals surface area contributed by atoms with Crippen LogP contribution >= 0.6 is 7.37 Å². The molecule has 0 aliphatic carbocycles. The molecule has 5 heteroatoms. The summed E-state index contributed by atoms with van der Waals surface area (Å²) in [6, 6.07) is 0. The molecule has 0 aromatic rings. The average molecular weight is 184 g/mol. The molecule has 2 unspecified atom stereocenters. The first-order chi connectivity index (χ1) is 4.48. The van der Waals surface area contributed by atoms with E-state index in [0.29, 0.717) is 6.61 Å². The Labute approximate surface area is 64.1 Å². The largest absolute Gasteiger partial charge is 0.328 e. The minimum atomic E-state index is -2.55. The van der Waals surface area contributed by atoms with Crippen LogP contribution in [-0.4, -0.2) is 29.2 Å². The Balaban J connectivity index is 3.87. The first-order valence-corrected chi connectivity index (χ1v) is 6.97. The molecular weight excluding hydrogens is 171 g/mol. The van der Waals surface area contributed by atoms with E-state index < -0.39 is 18.2 Å². The van der Waals surface area contributed by atoms with E-state index in [1.807, 2.05) is 0 Å². The van der Waals surface area contributed by atoms with E-state index in [1.165, 1.54) is 12.9 Å². The van der Waals surface area contributed by atoms with Gasteiger partial charge in [-0.3, -0.25) is 8.77 Å².